The van der Waals surface area contributed by atoms with Gasteiger partial charge in [-0.05, 0) is 72.6 Å². The number of fused-ring (bicyclic) bond motifs is 3. The number of amides is 1. The molecule has 1 aromatic carbocycles. The molecular formula is C39H49ClFN5O7. The average Bonchev–Trinajstić information content (AvgIpc) is 3.67. The number of hydrogen-bond acceptors (Lipinski definition) is 11. The molecular weight excluding hydrogens is 705 g/mol. The number of ether oxygens (including phenoxy) is 3. The number of aryl methyl sites for hydroxylation is 1. The van der Waals surface area contributed by atoms with Gasteiger partial charge in [-0.25, -0.2) is 28.9 Å². The van der Waals surface area contributed by atoms with Crippen molar-refractivity contribution in [2.24, 2.45) is 5.92 Å². The predicted molar refractivity (Wildman–Crippen MR) is 199 cm³/mol. The lowest BCUT2D eigenvalue weighted by molar-refractivity contribution is -0.156. The number of alkyl halides is 1. The van der Waals surface area contributed by atoms with Crippen LogP contribution in [0, 0.1) is 5.92 Å². The first-order valence-corrected chi connectivity index (χ1v) is 18.6. The van der Waals surface area contributed by atoms with Gasteiger partial charge in [-0.15, -0.1) is 0 Å². The van der Waals surface area contributed by atoms with E-state index in [1.54, 1.807) is 48.5 Å². The molecule has 0 radical (unpaired) electrons. The van der Waals surface area contributed by atoms with Crippen LogP contribution < -0.4 is 9.64 Å². The van der Waals surface area contributed by atoms with Gasteiger partial charge in [0.15, 0.2) is 11.4 Å². The highest BCUT2D eigenvalue weighted by Gasteiger charge is 2.48. The fraction of sp³-hybridized carbons (Fsp3) is 0.564. The highest BCUT2D eigenvalue weighted by molar-refractivity contribution is 6.30. The first-order chi connectivity index (χ1) is 25.0. The van der Waals surface area contributed by atoms with Crippen LogP contribution >= 0.6 is 11.6 Å². The van der Waals surface area contributed by atoms with Gasteiger partial charge in [0.05, 0.1) is 17.1 Å². The number of furan rings is 1. The monoisotopic (exact) mass is 753 g/mol. The summed E-state index contributed by atoms with van der Waals surface area (Å²) >= 11 is 6.42. The van der Waals surface area contributed by atoms with Crippen molar-refractivity contribution in [2.45, 2.75) is 110 Å². The fourth-order valence-electron chi connectivity index (χ4n) is 7.01. The standard InChI is InChI=1S/C39H49ClFN5O7/c1-23-21-45(36(49)53-38(5,6)7)16-15-39(23,41)27-18-24(40)20-42-34(27)50-25-19-28(35(48)52-37(2,3)4)46(22-25)33-32-31(26-12-8-9-13-29(26)51-32)43-30(44-33)14-10-11-17-47/h8-9,12-13,18,20,23,25,28,47H,10-11,14-17,19,21-22H2,1-7H3/t23-,25-,28-,39+/m0/s1. The fourth-order valence-corrected chi connectivity index (χ4v) is 7.17. The Morgan fingerprint density at radius 3 is 2.51 bits per heavy atom. The summed E-state index contributed by atoms with van der Waals surface area (Å²) in [6.45, 7) is 13.0. The summed E-state index contributed by atoms with van der Waals surface area (Å²) in [6, 6.07) is 8.26. The zero-order chi connectivity index (χ0) is 38.3. The quantitative estimate of drug-likeness (QED) is 0.134. The Kier molecular flexibility index (Phi) is 10.8. The van der Waals surface area contributed by atoms with E-state index in [0.29, 0.717) is 47.6 Å². The van der Waals surface area contributed by atoms with E-state index < -0.39 is 47.0 Å². The number of halogens is 2. The maximum atomic E-state index is 17.3. The van der Waals surface area contributed by atoms with E-state index in [1.165, 1.54) is 17.2 Å². The highest BCUT2D eigenvalue weighted by Crippen LogP contribution is 2.46. The molecule has 53 heavy (non-hydrogen) atoms. The van der Waals surface area contributed by atoms with Gasteiger partial charge >= 0.3 is 12.1 Å². The minimum absolute atomic E-state index is 0.0207. The minimum Gasteiger partial charge on any atom is -0.472 e. The number of aliphatic hydroxyl groups is 1. The first kappa shape index (κ1) is 38.5. The number of nitrogens with zero attached hydrogens (tertiary/aromatic N) is 5. The molecule has 5 heterocycles. The van der Waals surface area contributed by atoms with Crippen LogP contribution in [0.3, 0.4) is 0 Å². The normalized spacial score (nSPS) is 22.4. The second kappa shape index (κ2) is 14.9. The van der Waals surface area contributed by atoms with Crippen molar-refractivity contribution in [3.05, 3.63) is 52.9 Å². The van der Waals surface area contributed by atoms with Gasteiger partial charge in [0.25, 0.3) is 0 Å². The third-order valence-electron chi connectivity index (χ3n) is 9.49. The maximum Gasteiger partial charge on any atom is 0.410 e. The molecule has 6 rings (SSSR count). The summed E-state index contributed by atoms with van der Waals surface area (Å²) in [4.78, 5) is 44.3. The summed E-state index contributed by atoms with van der Waals surface area (Å²) in [5.74, 6) is -0.0880. The molecule has 0 saturated carbocycles. The van der Waals surface area contributed by atoms with E-state index in [0.717, 1.165) is 5.39 Å². The largest absolute Gasteiger partial charge is 0.472 e. The summed E-state index contributed by atoms with van der Waals surface area (Å²) in [5.41, 5.74) is -1.53. The Labute approximate surface area is 313 Å². The number of benzene rings is 1. The van der Waals surface area contributed by atoms with Crippen molar-refractivity contribution in [3.63, 3.8) is 0 Å². The Bertz CT molecular complexity index is 1980. The SMILES string of the molecule is C[C@H]1CN(C(=O)OC(C)(C)C)CC[C@]1(F)c1cc(Cl)cnc1O[C@H]1C[C@@H](C(=O)OC(C)(C)C)N(c2nc(CCCCO)nc3c2oc2ccccc23)C1. The number of carbonyl (C=O) groups excluding carboxylic acids is 2. The number of para-hydroxylation sites is 1. The van der Waals surface area contributed by atoms with Gasteiger partial charge in [-0.3, -0.25) is 0 Å². The molecule has 4 atom stereocenters. The van der Waals surface area contributed by atoms with E-state index in [-0.39, 0.29) is 55.5 Å². The Balaban J connectivity index is 1.34. The number of anilines is 1. The average molecular weight is 754 g/mol. The third-order valence-corrected chi connectivity index (χ3v) is 9.69. The Morgan fingerprint density at radius 1 is 1.08 bits per heavy atom. The van der Waals surface area contributed by atoms with Crippen LogP contribution in [-0.4, -0.2) is 86.6 Å². The van der Waals surface area contributed by atoms with E-state index in [9.17, 15) is 14.7 Å². The van der Waals surface area contributed by atoms with Crippen molar-refractivity contribution < 1.29 is 37.7 Å². The summed E-state index contributed by atoms with van der Waals surface area (Å²) < 4.78 is 41.6. The molecule has 12 nitrogen and oxygen atoms in total. The molecule has 2 saturated heterocycles. The van der Waals surface area contributed by atoms with Gasteiger partial charge in [0, 0.05) is 56.5 Å². The van der Waals surface area contributed by atoms with Crippen LogP contribution in [0.1, 0.15) is 85.5 Å². The number of pyridine rings is 1. The van der Waals surface area contributed by atoms with Gasteiger partial charge < -0.3 is 33.5 Å². The molecule has 2 fully saturated rings. The number of unbranched alkanes of at least 4 members (excludes halogenated alkanes) is 1. The van der Waals surface area contributed by atoms with Crippen molar-refractivity contribution in [2.75, 3.05) is 31.1 Å². The van der Waals surface area contributed by atoms with Gasteiger partial charge in [0.2, 0.25) is 5.88 Å². The van der Waals surface area contributed by atoms with Crippen LogP contribution in [0.2, 0.25) is 5.02 Å². The Hall–Kier alpha value is -4.23. The number of likely N-dealkylation sites (tertiary alicyclic amines) is 1. The number of aromatic nitrogens is 3. The second-order valence-electron chi connectivity index (χ2n) is 16.0. The van der Waals surface area contributed by atoms with Crippen molar-refractivity contribution >= 4 is 51.6 Å². The predicted octanol–water partition coefficient (Wildman–Crippen LogP) is 7.55. The number of hydrogen-bond donors (Lipinski definition) is 1. The van der Waals surface area contributed by atoms with Crippen molar-refractivity contribution in [1.29, 1.82) is 0 Å². The van der Waals surface area contributed by atoms with E-state index >= 15 is 4.39 Å². The lowest BCUT2D eigenvalue weighted by Gasteiger charge is -2.42. The van der Waals surface area contributed by atoms with Gasteiger partial charge in [0.1, 0.15) is 45.9 Å². The highest BCUT2D eigenvalue weighted by atomic mass is 35.5. The third kappa shape index (κ3) is 8.46. The molecule has 0 unspecified atom stereocenters. The number of piperidine rings is 1. The van der Waals surface area contributed by atoms with Gasteiger partial charge in [-0.2, -0.15) is 0 Å². The van der Waals surface area contributed by atoms with Crippen molar-refractivity contribution in [3.8, 4) is 5.88 Å². The molecule has 0 spiro atoms. The lowest BCUT2D eigenvalue weighted by atomic mass is 9.79. The molecule has 2 aliphatic heterocycles. The number of rotatable bonds is 9. The van der Waals surface area contributed by atoms with E-state index in [4.69, 9.17) is 40.2 Å². The van der Waals surface area contributed by atoms with E-state index in [2.05, 4.69) is 4.98 Å². The van der Waals surface area contributed by atoms with Gasteiger partial charge in [-0.1, -0.05) is 30.7 Å². The van der Waals surface area contributed by atoms with Crippen LogP contribution in [0.4, 0.5) is 15.0 Å². The van der Waals surface area contributed by atoms with Crippen LogP contribution in [-0.2, 0) is 26.4 Å². The molecule has 3 aromatic heterocycles. The molecule has 2 aliphatic rings. The van der Waals surface area contributed by atoms with Crippen molar-refractivity contribution in [1.82, 2.24) is 19.9 Å². The lowest BCUT2D eigenvalue weighted by Crippen LogP contribution is -2.50. The molecule has 1 amide bonds. The number of carbonyl (C=O) groups is 2. The summed E-state index contributed by atoms with van der Waals surface area (Å²) in [5, 5.41) is 10.5. The van der Waals surface area contributed by atoms with Crippen LogP contribution in [0.15, 0.2) is 40.9 Å². The van der Waals surface area contributed by atoms with E-state index in [1.807, 2.05) is 29.2 Å². The minimum atomic E-state index is -1.93. The zero-order valence-electron chi connectivity index (χ0n) is 31.4. The number of aliphatic hydroxyl groups excluding tert-OH is 1. The topological polar surface area (TPSA) is 140 Å². The maximum absolute atomic E-state index is 17.3. The second-order valence-corrected chi connectivity index (χ2v) is 16.5. The Morgan fingerprint density at radius 2 is 1.81 bits per heavy atom. The molecule has 4 aromatic rings. The molecule has 14 heteroatoms. The number of esters is 1. The molecule has 286 valence electrons. The zero-order valence-corrected chi connectivity index (χ0v) is 32.2. The summed E-state index contributed by atoms with van der Waals surface area (Å²) in [6.07, 6.45) is 2.20. The first-order valence-electron chi connectivity index (χ1n) is 18.2. The summed E-state index contributed by atoms with van der Waals surface area (Å²) in [7, 11) is 0. The van der Waals surface area contributed by atoms with Crippen LogP contribution in [0.25, 0.3) is 22.1 Å². The molecule has 1 N–H and O–H groups in total. The smallest absolute Gasteiger partial charge is 0.410 e. The molecule has 0 bridgehead atoms. The molecule has 0 aliphatic carbocycles. The van der Waals surface area contributed by atoms with Crippen LogP contribution in [0.5, 0.6) is 5.88 Å².